The smallest absolute Gasteiger partial charge is 0.156 e. The molecule has 1 heterocycles. The second-order valence-electron chi connectivity index (χ2n) is 7.79. The number of carbonyl (C=O) groups excluding carboxylic acids is 1. The Bertz CT molecular complexity index is 496. The highest BCUT2D eigenvalue weighted by Gasteiger charge is 2.53. The first kappa shape index (κ1) is 20.7. The van der Waals surface area contributed by atoms with Crippen LogP contribution < -0.4 is 0 Å². The molecule has 2 aliphatic rings. The van der Waals surface area contributed by atoms with Crippen LogP contribution in [0.4, 0.5) is 0 Å². The van der Waals surface area contributed by atoms with Crippen LogP contribution in [0, 0.1) is 5.41 Å². The summed E-state index contributed by atoms with van der Waals surface area (Å²) in [5.74, 6) is 1.20. The molecule has 0 radical (unpaired) electrons. The SMILES string of the molecule is C=CCCCCCCC.CC1=CCC2(O1)C(C)=CC(=O)CC2(C)C. The molecular weight excluding hydrogens is 296 g/mol. The van der Waals surface area contributed by atoms with E-state index in [-0.39, 0.29) is 16.8 Å². The lowest BCUT2D eigenvalue weighted by molar-refractivity contribution is -0.124. The van der Waals surface area contributed by atoms with E-state index < -0.39 is 0 Å². The fourth-order valence-corrected chi connectivity index (χ4v) is 3.71. The zero-order chi connectivity index (χ0) is 18.2. The maximum Gasteiger partial charge on any atom is 0.156 e. The fraction of sp³-hybridized carbons (Fsp3) is 0.682. The van der Waals surface area contributed by atoms with Crippen molar-refractivity contribution in [2.75, 3.05) is 0 Å². The maximum atomic E-state index is 11.6. The highest BCUT2D eigenvalue weighted by molar-refractivity contribution is 5.92. The number of unbranched alkanes of at least 4 members (excludes halogenated alkanes) is 5. The molecule has 0 N–H and O–H groups in total. The molecule has 1 spiro atoms. The Balaban J connectivity index is 0.000000277. The molecule has 2 heteroatoms. The third-order valence-electron chi connectivity index (χ3n) is 5.25. The van der Waals surface area contributed by atoms with Crippen LogP contribution in [-0.4, -0.2) is 11.4 Å². The molecule has 0 aromatic rings. The average Bonchev–Trinajstić information content (AvgIpc) is 2.90. The molecule has 136 valence electrons. The summed E-state index contributed by atoms with van der Waals surface area (Å²) in [6.07, 6.45) is 15.4. The van der Waals surface area contributed by atoms with Crippen molar-refractivity contribution in [3.05, 3.63) is 36.1 Å². The Morgan fingerprint density at radius 2 is 1.88 bits per heavy atom. The first-order valence-electron chi connectivity index (χ1n) is 9.47. The van der Waals surface area contributed by atoms with Crippen LogP contribution in [-0.2, 0) is 9.53 Å². The first-order chi connectivity index (χ1) is 11.3. The van der Waals surface area contributed by atoms with E-state index in [4.69, 9.17) is 4.74 Å². The van der Waals surface area contributed by atoms with E-state index in [1.165, 1.54) is 38.5 Å². The monoisotopic (exact) mass is 332 g/mol. The van der Waals surface area contributed by atoms with Crippen LogP contribution >= 0.6 is 0 Å². The number of ether oxygens (including phenoxy) is 1. The minimum absolute atomic E-state index is 0.114. The first-order valence-corrected chi connectivity index (χ1v) is 9.47. The average molecular weight is 333 g/mol. The molecular formula is C22H36O2. The number of allylic oxidation sites excluding steroid dienone is 3. The molecule has 0 saturated carbocycles. The van der Waals surface area contributed by atoms with Gasteiger partial charge in [0.15, 0.2) is 5.78 Å². The van der Waals surface area contributed by atoms with E-state index in [2.05, 4.69) is 33.4 Å². The second-order valence-corrected chi connectivity index (χ2v) is 7.79. The van der Waals surface area contributed by atoms with E-state index in [1.54, 1.807) is 6.08 Å². The van der Waals surface area contributed by atoms with Gasteiger partial charge < -0.3 is 4.74 Å². The van der Waals surface area contributed by atoms with Gasteiger partial charge in [0.2, 0.25) is 0 Å². The summed E-state index contributed by atoms with van der Waals surface area (Å²) in [6.45, 7) is 14.1. The molecule has 1 aliphatic carbocycles. The molecule has 2 rings (SSSR count). The molecule has 0 aromatic heterocycles. The molecule has 0 saturated heterocycles. The zero-order valence-corrected chi connectivity index (χ0v) is 16.4. The van der Waals surface area contributed by atoms with Gasteiger partial charge in [0.25, 0.3) is 0 Å². The van der Waals surface area contributed by atoms with Crippen molar-refractivity contribution in [1.82, 2.24) is 0 Å². The van der Waals surface area contributed by atoms with E-state index >= 15 is 0 Å². The van der Waals surface area contributed by atoms with E-state index in [0.29, 0.717) is 6.42 Å². The minimum Gasteiger partial charge on any atom is -0.487 e. The van der Waals surface area contributed by atoms with Crippen molar-refractivity contribution >= 4 is 5.78 Å². The minimum atomic E-state index is -0.273. The van der Waals surface area contributed by atoms with Gasteiger partial charge in [-0.05, 0) is 44.4 Å². The van der Waals surface area contributed by atoms with Gasteiger partial charge in [0.05, 0.1) is 5.76 Å². The molecule has 1 atom stereocenters. The molecule has 0 aromatic carbocycles. The lowest BCUT2D eigenvalue weighted by Crippen LogP contribution is -2.49. The molecule has 0 amide bonds. The Hall–Kier alpha value is -1.31. The van der Waals surface area contributed by atoms with Crippen LogP contribution in [0.2, 0.25) is 0 Å². The van der Waals surface area contributed by atoms with E-state index in [0.717, 1.165) is 17.8 Å². The van der Waals surface area contributed by atoms with Crippen LogP contribution in [0.5, 0.6) is 0 Å². The second kappa shape index (κ2) is 9.25. The van der Waals surface area contributed by atoms with Gasteiger partial charge in [-0.3, -0.25) is 4.79 Å². The Kier molecular flexibility index (Phi) is 7.99. The Labute approximate surface area is 149 Å². The topological polar surface area (TPSA) is 26.3 Å². The highest BCUT2D eigenvalue weighted by Crippen LogP contribution is 2.51. The molecule has 2 nitrogen and oxygen atoms in total. The van der Waals surface area contributed by atoms with Gasteiger partial charge in [-0.1, -0.05) is 52.5 Å². The van der Waals surface area contributed by atoms with Gasteiger partial charge in [-0.15, -0.1) is 6.58 Å². The van der Waals surface area contributed by atoms with Gasteiger partial charge in [0, 0.05) is 18.3 Å². The maximum absolute atomic E-state index is 11.6. The zero-order valence-electron chi connectivity index (χ0n) is 16.4. The summed E-state index contributed by atoms with van der Waals surface area (Å²) in [6, 6.07) is 0. The number of hydrogen-bond donors (Lipinski definition) is 0. The van der Waals surface area contributed by atoms with Crippen molar-refractivity contribution in [3.63, 3.8) is 0 Å². The van der Waals surface area contributed by atoms with Gasteiger partial charge in [-0.25, -0.2) is 0 Å². The van der Waals surface area contributed by atoms with Gasteiger partial charge >= 0.3 is 0 Å². The predicted octanol–water partition coefficient (Wildman–Crippen LogP) is 6.53. The standard InChI is InChI=1S/C13H18O2.C9H18/c1-9-7-11(14)8-12(3,4)13(9)6-5-10(2)15-13;1-3-5-7-9-8-6-4-2/h5,7H,6,8H2,1-4H3;3H,1,4-9H2,2H3. The van der Waals surface area contributed by atoms with Crippen LogP contribution in [0.3, 0.4) is 0 Å². The third-order valence-corrected chi connectivity index (χ3v) is 5.25. The fourth-order valence-electron chi connectivity index (χ4n) is 3.71. The number of hydrogen-bond acceptors (Lipinski definition) is 2. The molecule has 1 unspecified atom stereocenters. The number of rotatable bonds is 6. The van der Waals surface area contributed by atoms with E-state index in [1.807, 2.05) is 19.9 Å². The van der Waals surface area contributed by atoms with Crippen molar-refractivity contribution in [2.24, 2.45) is 5.41 Å². The van der Waals surface area contributed by atoms with Crippen molar-refractivity contribution in [1.29, 1.82) is 0 Å². The summed E-state index contributed by atoms with van der Waals surface area (Å²) in [4.78, 5) is 11.6. The summed E-state index contributed by atoms with van der Waals surface area (Å²) in [5, 5.41) is 0. The molecule has 0 fully saturated rings. The van der Waals surface area contributed by atoms with Crippen LogP contribution in [0.1, 0.15) is 86.0 Å². The predicted molar refractivity (Wildman–Crippen MR) is 103 cm³/mol. The lowest BCUT2D eigenvalue weighted by atomic mass is 9.64. The Morgan fingerprint density at radius 3 is 2.38 bits per heavy atom. The normalized spacial score (nSPS) is 24.6. The summed E-state index contributed by atoms with van der Waals surface area (Å²) < 4.78 is 6.01. The molecule has 0 bridgehead atoms. The van der Waals surface area contributed by atoms with Crippen molar-refractivity contribution in [3.8, 4) is 0 Å². The van der Waals surface area contributed by atoms with Gasteiger partial charge in [0.1, 0.15) is 5.60 Å². The van der Waals surface area contributed by atoms with Crippen LogP contribution in [0.25, 0.3) is 0 Å². The summed E-state index contributed by atoms with van der Waals surface area (Å²) >= 11 is 0. The largest absolute Gasteiger partial charge is 0.487 e. The van der Waals surface area contributed by atoms with Crippen molar-refractivity contribution in [2.45, 2.75) is 91.6 Å². The van der Waals surface area contributed by atoms with E-state index in [9.17, 15) is 4.79 Å². The summed E-state index contributed by atoms with van der Waals surface area (Å²) in [7, 11) is 0. The van der Waals surface area contributed by atoms with Gasteiger partial charge in [-0.2, -0.15) is 0 Å². The summed E-state index contributed by atoms with van der Waals surface area (Å²) in [5.41, 5.74) is 0.680. The molecule has 24 heavy (non-hydrogen) atoms. The quantitative estimate of drug-likeness (QED) is 0.408. The number of carbonyl (C=O) groups is 1. The number of ketones is 1. The lowest BCUT2D eigenvalue weighted by Gasteiger charge is -2.46. The Morgan fingerprint density at radius 1 is 1.21 bits per heavy atom. The third kappa shape index (κ3) is 5.09. The van der Waals surface area contributed by atoms with Crippen molar-refractivity contribution < 1.29 is 9.53 Å². The molecule has 1 aliphatic heterocycles. The van der Waals surface area contributed by atoms with Crippen LogP contribution in [0.15, 0.2) is 36.1 Å². The highest BCUT2D eigenvalue weighted by atomic mass is 16.5.